The van der Waals surface area contributed by atoms with Crippen LogP contribution in [-0.4, -0.2) is 26.7 Å². The molecule has 0 bridgehead atoms. The average Bonchev–Trinajstić information content (AvgIpc) is 3.44. The van der Waals surface area contributed by atoms with Crippen molar-refractivity contribution in [2.75, 3.05) is 25.7 Å². The first-order valence-electron chi connectivity index (χ1n) is 8.69. The number of ether oxygens (including phenoxy) is 2. The van der Waals surface area contributed by atoms with Crippen molar-refractivity contribution in [2.45, 2.75) is 26.2 Å². The van der Waals surface area contributed by atoms with E-state index in [0.717, 1.165) is 23.6 Å². The summed E-state index contributed by atoms with van der Waals surface area (Å²) < 4.78 is 11.1. The second-order valence-electron chi connectivity index (χ2n) is 6.71. The van der Waals surface area contributed by atoms with E-state index in [0.29, 0.717) is 11.5 Å². The van der Waals surface area contributed by atoms with E-state index in [1.807, 2.05) is 43.3 Å². The van der Waals surface area contributed by atoms with Gasteiger partial charge >= 0.3 is 0 Å². The molecule has 4 nitrogen and oxygen atoms in total. The second-order valence-corrected chi connectivity index (χ2v) is 6.71. The molecule has 0 unspecified atom stereocenters. The number of carbonyl (C=O) groups excluding carboxylic acids is 1. The molecule has 4 heteroatoms. The molecule has 1 fully saturated rings. The van der Waals surface area contributed by atoms with Gasteiger partial charge in [-0.1, -0.05) is 23.8 Å². The van der Waals surface area contributed by atoms with Crippen LogP contribution >= 0.6 is 0 Å². The van der Waals surface area contributed by atoms with E-state index in [4.69, 9.17) is 9.47 Å². The van der Waals surface area contributed by atoms with Gasteiger partial charge in [0.05, 0.1) is 7.11 Å². The number of hydrogen-bond acceptors (Lipinski definition) is 3. The normalized spacial score (nSPS) is 13.4. The molecule has 132 valence electrons. The number of carbonyl (C=O) groups is 1. The second kappa shape index (κ2) is 7.60. The molecule has 0 spiro atoms. The van der Waals surface area contributed by atoms with Crippen LogP contribution in [0, 0.1) is 12.8 Å². The molecule has 0 radical (unpaired) electrons. The molecule has 0 N–H and O–H groups in total. The summed E-state index contributed by atoms with van der Waals surface area (Å²) in [7, 11) is 3.38. The molecule has 0 heterocycles. The predicted octanol–water partition coefficient (Wildman–Crippen LogP) is 4.00. The van der Waals surface area contributed by atoms with Gasteiger partial charge in [0.15, 0.2) is 18.1 Å². The summed E-state index contributed by atoms with van der Waals surface area (Å²) in [4.78, 5) is 14.0. The largest absolute Gasteiger partial charge is 0.493 e. The summed E-state index contributed by atoms with van der Waals surface area (Å²) in [6.45, 7) is 2.00. The van der Waals surface area contributed by atoms with Crippen LogP contribution in [0.4, 0.5) is 5.69 Å². The smallest absolute Gasteiger partial charge is 0.264 e. The lowest BCUT2D eigenvalue weighted by atomic mass is 10.1. The van der Waals surface area contributed by atoms with Crippen molar-refractivity contribution in [3.63, 3.8) is 0 Å². The van der Waals surface area contributed by atoms with E-state index in [2.05, 4.69) is 6.07 Å². The zero-order valence-electron chi connectivity index (χ0n) is 15.1. The number of hydrogen-bond donors (Lipinski definition) is 0. The van der Waals surface area contributed by atoms with Crippen molar-refractivity contribution in [1.82, 2.24) is 0 Å². The van der Waals surface area contributed by atoms with Crippen LogP contribution in [0.25, 0.3) is 0 Å². The maximum absolute atomic E-state index is 12.4. The number of likely N-dealkylation sites (N-methyl/N-ethyl adjacent to an activating group) is 1. The van der Waals surface area contributed by atoms with E-state index in [-0.39, 0.29) is 12.5 Å². The minimum absolute atomic E-state index is 0.0251. The Balaban J connectivity index is 1.61. The van der Waals surface area contributed by atoms with Crippen LogP contribution in [0.3, 0.4) is 0 Å². The monoisotopic (exact) mass is 339 g/mol. The lowest BCUT2D eigenvalue weighted by Crippen LogP contribution is -2.31. The average molecular weight is 339 g/mol. The van der Waals surface area contributed by atoms with Crippen LogP contribution in [0.2, 0.25) is 0 Å². The number of nitrogens with zero attached hydrogens (tertiary/aromatic N) is 1. The molecule has 3 rings (SSSR count). The highest BCUT2D eigenvalue weighted by Crippen LogP contribution is 2.35. The molecule has 0 aliphatic heterocycles. The van der Waals surface area contributed by atoms with Crippen molar-refractivity contribution in [2.24, 2.45) is 5.92 Å². The van der Waals surface area contributed by atoms with Crippen LogP contribution in [0.5, 0.6) is 11.5 Å². The molecule has 2 aromatic rings. The van der Waals surface area contributed by atoms with Crippen molar-refractivity contribution in [1.29, 1.82) is 0 Å². The summed E-state index contributed by atoms with van der Waals surface area (Å²) in [5, 5.41) is 0. The van der Waals surface area contributed by atoms with Gasteiger partial charge in [0, 0.05) is 12.7 Å². The Hall–Kier alpha value is -2.49. The summed E-state index contributed by atoms with van der Waals surface area (Å²) in [6, 6.07) is 13.8. The third-order valence-corrected chi connectivity index (χ3v) is 4.60. The zero-order chi connectivity index (χ0) is 17.8. The Labute approximate surface area is 149 Å². The fraction of sp³-hybridized carbons (Fsp3) is 0.381. The van der Waals surface area contributed by atoms with Gasteiger partial charge in [0.1, 0.15) is 0 Å². The van der Waals surface area contributed by atoms with E-state index < -0.39 is 0 Å². The van der Waals surface area contributed by atoms with Gasteiger partial charge in [-0.15, -0.1) is 0 Å². The third-order valence-electron chi connectivity index (χ3n) is 4.60. The highest BCUT2D eigenvalue weighted by atomic mass is 16.5. The third kappa shape index (κ3) is 4.53. The molecule has 0 atom stereocenters. The number of benzene rings is 2. The van der Waals surface area contributed by atoms with Crippen molar-refractivity contribution >= 4 is 11.6 Å². The van der Waals surface area contributed by atoms with Gasteiger partial charge in [-0.3, -0.25) is 4.79 Å². The molecule has 1 saturated carbocycles. The Morgan fingerprint density at radius 1 is 1.12 bits per heavy atom. The van der Waals surface area contributed by atoms with Gasteiger partial charge in [-0.2, -0.15) is 0 Å². The van der Waals surface area contributed by atoms with Gasteiger partial charge in [0.2, 0.25) is 0 Å². The van der Waals surface area contributed by atoms with Crippen LogP contribution in [0.15, 0.2) is 42.5 Å². The Morgan fingerprint density at radius 3 is 2.48 bits per heavy atom. The number of aryl methyl sites for hydroxylation is 1. The number of amides is 1. The van der Waals surface area contributed by atoms with Crippen molar-refractivity contribution in [3.8, 4) is 11.5 Å². The highest BCUT2D eigenvalue weighted by molar-refractivity contribution is 5.93. The van der Waals surface area contributed by atoms with E-state index in [1.165, 1.54) is 18.4 Å². The molecule has 1 amide bonds. The lowest BCUT2D eigenvalue weighted by molar-refractivity contribution is -0.120. The molecular weight excluding hydrogens is 314 g/mol. The summed E-state index contributed by atoms with van der Waals surface area (Å²) in [6.07, 6.45) is 3.73. The summed E-state index contributed by atoms with van der Waals surface area (Å²) in [5.41, 5.74) is 3.28. The first-order chi connectivity index (χ1) is 12.1. The Bertz CT molecular complexity index is 735. The molecule has 0 saturated heterocycles. The highest BCUT2D eigenvalue weighted by Gasteiger charge is 2.22. The lowest BCUT2D eigenvalue weighted by Gasteiger charge is -2.18. The Kier molecular flexibility index (Phi) is 5.27. The quantitative estimate of drug-likeness (QED) is 0.765. The molecule has 1 aliphatic carbocycles. The Morgan fingerprint density at radius 2 is 1.84 bits per heavy atom. The maximum atomic E-state index is 12.4. The van der Waals surface area contributed by atoms with Gasteiger partial charge < -0.3 is 14.4 Å². The van der Waals surface area contributed by atoms with Crippen molar-refractivity contribution in [3.05, 3.63) is 53.6 Å². The standard InChI is InChI=1S/C21H25NO3/c1-15-4-9-18(10-5-15)22(2)21(23)14-25-19-11-8-17(12-16-6-7-16)13-20(19)24-3/h4-5,8-11,13,16H,6-7,12,14H2,1-3H3. The minimum Gasteiger partial charge on any atom is -0.493 e. The maximum Gasteiger partial charge on any atom is 0.264 e. The predicted molar refractivity (Wildman–Crippen MR) is 99.5 cm³/mol. The molecule has 0 aromatic heterocycles. The topological polar surface area (TPSA) is 38.8 Å². The van der Waals surface area contributed by atoms with Crippen LogP contribution in [0.1, 0.15) is 24.0 Å². The molecule has 1 aliphatic rings. The SMILES string of the molecule is COc1cc(CC2CC2)ccc1OCC(=O)N(C)c1ccc(C)cc1. The fourth-order valence-corrected chi connectivity index (χ4v) is 2.76. The molecular formula is C21H25NO3. The number of anilines is 1. The molecule has 2 aromatic carbocycles. The minimum atomic E-state index is -0.104. The van der Waals surface area contributed by atoms with E-state index >= 15 is 0 Å². The summed E-state index contributed by atoms with van der Waals surface area (Å²) >= 11 is 0. The van der Waals surface area contributed by atoms with Crippen LogP contribution < -0.4 is 14.4 Å². The first-order valence-corrected chi connectivity index (χ1v) is 8.69. The van der Waals surface area contributed by atoms with Crippen molar-refractivity contribution < 1.29 is 14.3 Å². The first kappa shape index (κ1) is 17.3. The van der Waals surface area contributed by atoms with Crippen LogP contribution in [-0.2, 0) is 11.2 Å². The van der Waals surface area contributed by atoms with Gasteiger partial charge in [-0.05, 0) is 61.9 Å². The van der Waals surface area contributed by atoms with Gasteiger partial charge in [0.25, 0.3) is 5.91 Å². The van der Waals surface area contributed by atoms with E-state index in [1.54, 1.807) is 19.1 Å². The van der Waals surface area contributed by atoms with Gasteiger partial charge in [-0.25, -0.2) is 0 Å². The fourth-order valence-electron chi connectivity index (χ4n) is 2.76. The zero-order valence-corrected chi connectivity index (χ0v) is 15.1. The number of rotatable bonds is 7. The molecule has 25 heavy (non-hydrogen) atoms. The van der Waals surface area contributed by atoms with E-state index in [9.17, 15) is 4.79 Å². The number of methoxy groups -OCH3 is 1. The summed E-state index contributed by atoms with van der Waals surface area (Å²) in [5.74, 6) is 2.01.